The highest BCUT2D eigenvalue weighted by molar-refractivity contribution is 6.11. The summed E-state index contributed by atoms with van der Waals surface area (Å²) >= 11 is 0. The van der Waals surface area contributed by atoms with Crippen LogP contribution >= 0.6 is 0 Å². The van der Waals surface area contributed by atoms with E-state index >= 15 is 0 Å². The Kier molecular flexibility index (Phi) is 3.96. The van der Waals surface area contributed by atoms with Crippen molar-refractivity contribution in [1.82, 2.24) is 4.98 Å². The van der Waals surface area contributed by atoms with E-state index in [2.05, 4.69) is 81.7 Å². The lowest BCUT2D eigenvalue weighted by Crippen LogP contribution is -2.33. The highest BCUT2D eigenvalue weighted by Crippen LogP contribution is 2.50. The van der Waals surface area contributed by atoms with Crippen molar-refractivity contribution >= 4 is 21.9 Å². The van der Waals surface area contributed by atoms with Gasteiger partial charge in [0.05, 0.1) is 11.8 Å². The van der Waals surface area contributed by atoms with Gasteiger partial charge < -0.3 is 4.42 Å². The smallest absolute Gasteiger partial charge is 0.234 e. The molecule has 2 heterocycles. The summed E-state index contributed by atoms with van der Waals surface area (Å²) in [5.74, 6) is 0. The maximum absolute atomic E-state index is 6.79. The van der Waals surface area contributed by atoms with Crippen LogP contribution in [0, 0.1) is 13.8 Å². The fourth-order valence-corrected chi connectivity index (χ4v) is 5.32. The number of nitrogens with zero attached hydrogens (tertiary/aromatic N) is 2. The average Bonchev–Trinajstić information content (AvgIpc) is 3.04. The van der Waals surface area contributed by atoms with Gasteiger partial charge >= 0.3 is 0 Å². The molecular weight excluding hydrogens is 368 g/mol. The Morgan fingerprint density at radius 1 is 0.900 bits per heavy atom. The van der Waals surface area contributed by atoms with E-state index in [-0.39, 0.29) is 10.8 Å². The number of hydrogen-bond donors (Lipinski definition) is 0. The molecule has 30 heavy (non-hydrogen) atoms. The van der Waals surface area contributed by atoms with Gasteiger partial charge in [0.25, 0.3) is 0 Å². The Morgan fingerprint density at radius 2 is 1.57 bits per heavy atom. The first-order chi connectivity index (χ1) is 14.1. The molecule has 0 bridgehead atoms. The normalized spacial score (nSPS) is 17.4. The summed E-state index contributed by atoms with van der Waals surface area (Å²) in [6, 6.07) is 9.05. The zero-order valence-corrected chi connectivity index (χ0v) is 19.2. The summed E-state index contributed by atoms with van der Waals surface area (Å²) in [6.07, 6.45) is 6.41. The van der Waals surface area contributed by atoms with Crippen molar-refractivity contribution < 1.29 is 8.98 Å². The lowest BCUT2D eigenvalue weighted by Gasteiger charge is -2.41. The highest BCUT2D eigenvalue weighted by Gasteiger charge is 2.39. The van der Waals surface area contributed by atoms with Gasteiger partial charge in [-0.05, 0) is 48.6 Å². The second-order valence-corrected chi connectivity index (χ2v) is 10.4. The third-order valence-corrected chi connectivity index (χ3v) is 7.21. The third kappa shape index (κ3) is 2.64. The van der Waals surface area contributed by atoms with E-state index in [9.17, 15) is 0 Å². The molecule has 0 amide bonds. The Balaban J connectivity index is 1.91. The number of benzene rings is 2. The SMILES string of the molecule is Cc1c[n+](C)c(-c2c(C)ccc3c2oc2c4c(ccc23)C(C)(C)CCC4(C)C)cn1. The van der Waals surface area contributed by atoms with E-state index in [0.29, 0.717) is 0 Å². The van der Waals surface area contributed by atoms with Crippen LogP contribution in [0.1, 0.15) is 62.9 Å². The number of aryl methyl sites for hydroxylation is 3. The molecule has 0 saturated carbocycles. The minimum atomic E-state index is 0.101. The van der Waals surface area contributed by atoms with Crippen molar-refractivity contribution in [3.63, 3.8) is 0 Å². The highest BCUT2D eigenvalue weighted by atomic mass is 16.3. The van der Waals surface area contributed by atoms with Gasteiger partial charge in [0.1, 0.15) is 23.9 Å². The van der Waals surface area contributed by atoms with Crippen molar-refractivity contribution in [3.8, 4) is 11.3 Å². The zero-order chi connectivity index (χ0) is 21.4. The molecule has 1 aliphatic carbocycles. The van der Waals surface area contributed by atoms with Crippen molar-refractivity contribution in [3.05, 3.63) is 59.0 Å². The molecule has 154 valence electrons. The van der Waals surface area contributed by atoms with Crippen LogP contribution in [0.2, 0.25) is 0 Å². The Labute approximate surface area is 178 Å². The summed E-state index contributed by atoms with van der Waals surface area (Å²) < 4.78 is 8.94. The predicted molar refractivity (Wildman–Crippen MR) is 123 cm³/mol. The van der Waals surface area contributed by atoms with Gasteiger partial charge in [-0.15, -0.1) is 0 Å². The fourth-order valence-electron chi connectivity index (χ4n) is 5.32. The summed E-state index contributed by atoms with van der Waals surface area (Å²) in [5, 5.41) is 2.41. The average molecular weight is 400 g/mol. The minimum absolute atomic E-state index is 0.101. The number of fused-ring (bicyclic) bond motifs is 5. The van der Waals surface area contributed by atoms with Gasteiger partial charge in [-0.2, -0.15) is 4.57 Å². The lowest BCUT2D eigenvalue weighted by atomic mass is 9.63. The zero-order valence-electron chi connectivity index (χ0n) is 19.2. The largest absolute Gasteiger partial charge is 0.455 e. The van der Waals surface area contributed by atoms with Crippen LogP contribution in [-0.2, 0) is 17.9 Å². The minimum Gasteiger partial charge on any atom is -0.455 e. The Morgan fingerprint density at radius 3 is 2.30 bits per heavy atom. The topological polar surface area (TPSA) is 29.9 Å². The maximum atomic E-state index is 6.79. The van der Waals surface area contributed by atoms with E-state index in [0.717, 1.165) is 28.1 Å². The molecule has 3 nitrogen and oxygen atoms in total. The number of aromatic nitrogens is 2. The molecule has 0 atom stereocenters. The van der Waals surface area contributed by atoms with E-state index < -0.39 is 0 Å². The maximum Gasteiger partial charge on any atom is 0.234 e. The second-order valence-electron chi connectivity index (χ2n) is 10.4. The first-order valence-electron chi connectivity index (χ1n) is 10.9. The van der Waals surface area contributed by atoms with Crippen molar-refractivity contribution in [2.75, 3.05) is 0 Å². The monoisotopic (exact) mass is 399 g/mol. The van der Waals surface area contributed by atoms with Gasteiger partial charge in [0.15, 0.2) is 6.20 Å². The number of rotatable bonds is 1. The van der Waals surface area contributed by atoms with Crippen molar-refractivity contribution in [2.24, 2.45) is 7.05 Å². The molecule has 2 aromatic carbocycles. The molecule has 0 unspecified atom stereocenters. The standard InChI is InChI=1S/C27H31N2O/c1-16-8-9-18-19-10-11-20-23(27(5,6)13-12-26(20,3)4)25(19)30-24(18)22(16)21-14-28-17(2)15-29(21)7/h8-11,14-15H,12-13H2,1-7H3/q+1. The van der Waals surface area contributed by atoms with Gasteiger partial charge in [-0.3, -0.25) is 0 Å². The molecule has 0 saturated heterocycles. The molecule has 3 heteroatoms. The Bertz CT molecular complexity index is 1320. The molecule has 0 N–H and O–H groups in total. The second kappa shape index (κ2) is 6.16. The van der Waals surface area contributed by atoms with Crippen LogP contribution in [0.25, 0.3) is 33.2 Å². The van der Waals surface area contributed by atoms with E-state index in [1.807, 2.05) is 13.1 Å². The van der Waals surface area contributed by atoms with Gasteiger partial charge in [-0.25, -0.2) is 4.98 Å². The van der Waals surface area contributed by atoms with Gasteiger partial charge in [0, 0.05) is 16.3 Å². The molecular formula is C27H31N2O+. The van der Waals surface area contributed by atoms with E-state index in [1.54, 1.807) is 0 Å². The van der Waals surface area contributed by atoms with Crippen molar-refractivity contribution in [1.29, 1.82) is 0 Å². The van der Waals surface area contributed by atoms with E-state index in [1.165, 1.54) is 40.3 Å². The van der Waals surface area contributed by atoms with Crippen LogP contribution in [-0.4, -0.2) is 4.98 Å². The number of furan rings is 1. The first kappa shape index (κ1) is 19.3. The fraction of sp³-hybridized carbons (Fsp3) is 0.407. The summed E-state index contributed by atoms with van der Waals surface area (Å²) in [5.41, 5.74) is 9.57. The molecule has 0 spiro atoms. The first-order valence-corrected chi connectivity index (χ1v) is 10.9. The lowest BCUT2D eigenvalue weighted by molar-refractivity contribution is -0.661. The van der Waals surface area contributed by atoms with Crippen molar-refractivity contribution in [2.45, 2.75) is 65.2 Å². The molecule has 1 aliphatic rings. The van der Waals surface area contributed by atoms with Gasteiger partial charge in [0.2, 0.25) is 5.69 Å². The number of hydrogen-bond acceptors (Lipinski definition) is 2. The molecule has 4 aromatic rings. The molecule has 0 aliphatic heterocycles. The van der Waals surface area contributed by atoms with E-state index in [4.69, 9.17) is 4.42 Å². The van der Waals surface area contributed by atoms with Crippen LogP contribution < -0.4 is 4.57 Å². The van der Waals surface area contributed by atoms with Crippen LogP contribution in [0.5, 0.6) is 0 Å². The summed E-state index contributed by atoms with van der Waals surface area (Å²) in [6.45, 7) is 13.6. The predicted octanol–water partition coefficient (Wildman–Crippen LogP) is 6.44. The van der Waals surface area contributed by atoms with Crippen LogP contribution in [0.3, 0.4) is 0 Å². The molecule has 0 fully saturated rings. The quantitative estimate of drug-likeness (QED) is 0.345. The molecule has 2 aromatic heterocycles. The molecule has 5 rings (SSSR count). The van der Waals surface area contributed by atoms with Crippen LogP contribution in [0.15, 0.2) is 41.1 Å². The third-order valence-electron chi connectivity index (χ3n) is 7.21. The molecule has 0 radical (unpaired) electrons. The summed E-state index contributed by atoms with van der Waals surface area (Å²) in [7, 11) is 2.08. The Hall–Kier alpha value is -2.68. The van der Waals surface area contributed by atoms with Crippen LogP contribution in [0.4, 0.5) is 0 Å². The summed E-state index contributed by atoms with van der Waals surface area (Å²) in [4.78, 5) is 4.57. The van der Waals surface area contributed by atoms with Gasteiger partial charge in [-0.1, -0.05) is 52.0 Å².